The first kappa shape index (κ1) is 22.4. The van der Waals surface area contributed by atoms with Crippen LogP contribution in [0.2, 0.25) is 0 Å². The number of rotatable bonds is 7. The summed E-state index contributed by atoms with van der Waals surface area (Å²) < 4.78 is 11.3. The fourth-order valence-electron chi connectivity index (χ4n) is 5.06. The van der Waals surface area contributed by atoms with Crippen molar-refractivity contribution in [3.05, 3.63) is 78.0 Å². The number of ether oxygens (including phenoxy) is 2. The van der Waals surface area contributed by atoms with E-state index in [2.05, 4.69) is 27.3 Å². The third-order valence-electron chi connectivity index (χ3n) is 7.01. The lowest BCUT2D eigenvalue weighted by Crippen LogP contribution is -2.25. The molecule has 0 unspecified atom stereocenters. The lowest BCUT2D eigenvalue weighted by atomic mass is 10.00. The fourth-order valence-corrected chi connectivity index (χ4v) is 5.06. The highest BCUT2D eigenvalue weighted by Crippen LogP contribution is 2.37. The van der Waals surface area contributed by atoms with Gasteiger partial charge in [-0.3, -0.25) is 9.69 Å². The highest BCUT2D eigenvalue weighted by Gasteiger charge is 2.24. The van der Waals surface area contributed by atoms with E-state index in [1.807, 2.05) is 60.7 Å². The smallest absolute Gasteiger partial charge is 0.256 e. The van der Waals surface area contributed by atoms with Crippen molar-refractivity contribution in [2.45, 2.75) is 12.8 Å². The summed E-state index contributed by atoms with van der Waals surface area (Å²) in [5.74, 6) is 1.59. The van der Waals surface area contributed by atoms with E-state index < -0.39 is 0 Å². The molecule has 1 amide bonds. The lowest BCUT2D eigenvalue weighted by molar-refractivity contribution is -0.110. The minimum atomic E-state index is -0.0959. The summed E-state index contributed by atoms with van der Waals surface area (Å²) in [5, 5.41) is 4.08. The maximum absolute atomic E-state index is 12.8. The molecular formula is C30H29N3O3. The van der Waals surface area contributed by atoms with Gasteiger partial charge in [-0.05, 0) is 85.6 Å². The van der Waals surface area contributed by atoms with E-state index in [-0.39, 0.29) is 5.91 Å². The molecule has 3 heterocycles. The van der Waals surface area contributed by atoms with Gasteiger partial charge in [-0.1, -0.05) is 24.3 Å². The number of nitrogens with zero attached hydrogens (tertiary/aromatic N) is 1. The number of aromatic amines is 1. The molecule has 0 atom stereocenters. The van der Waals surface area contributed by atoms with E-state index >= 15 is 0 Å². The van der Waals surface area contributed by atoms with Crippen LogP contribution in [0.5, 0.6) is 11.5 Å². The lowest BCUT2D eigenvalue weighted by Gasteiger charge is -2.14. The molecular weight excluding hydrogens is 450 g/mol. The van der Waals surface area contributed by atoms with Crippen molar-refractivity contribution in [1.29, 1.82) is 0 Å². The second-order valence-electron chi connectivity index (χ2n) is 9.37. The second kappa shape index (κ2) is 9.55. The van der Waals surface area contributed by atoms with Crippen LogP contribution in [0.15, 0.2) is 66.7 Å². The zero-order valence-electron chi connectivity index (χ0n) is 20.3. The van der Waals surface area contributed by atoms with E-state index in [1.54, 1.807) is 7.11 Å². The van der Waals surface area contributed by atoms with Crippen LogP contribution in [0.25, 0.3) is 33.7 Å². The van der Waals surface area contributed by atoms with Gasteiger partial charge >= 0.3 is 0 Å². The molecule has 2 aliphatic rings. The summed E-state index contributed by atoms with van der Waals surface area (Å²) in [6.07, 6.45) is 4.50. The highest BCUT2D eigenvalue weighted by atomic mass is 16.5. The van der Waals surface area contributed by atoms with Gasteiger partial charge in [0.1, 0.15) is 18.1 Å². The van der Waals surface area contributed by atoms with Crippen LogP contribution >= 0.6 is 0 Å². The maximum Gasteiger partial charge on any atom is 0.256 e. The Morgan fingerprint density at radius 3 is 2.50 bits per heavy atom. The number of carbonyl (C=O) groups is 1. The Hall–Kier alpha value is -4.03. The summed E-state index contributed by atoms with van der Waals surface area (Å²) in [6.45, 7) is 4.02. The van der Waals surface area contributed by atoms with Crippen molar-refractivity contribution in [3.8, 4) is 22.6 Å². The molecule has 6 heteroatoms. The SMILES string of the molecule is COc1ccc(-c2ccc3c(c2)NC(=O)/C3=C\c2cc3cc(OCCN4CCCC4)ccc3[nH]2)cc1. The minimum Gasteiger partial charge on any atom is -0.497 e. The summed E-state index contributed by atoms with van der Waals surface area (Å²) in [6, 6.07) is 22.1. The Labute approximate surface area is 210 Å². The van der Waals surface area contributed by atoms with Gasteiger partial charge in [0.25, 0.3) is 5.91 Å². The average Bonchev–Trinajstić information content (AvgIpc) is 3.63. The Bertz CT molecular complexity index is 1450. The first-order chi connectivity index (χ1) is 17.7. The van der Waals surface area contributed by atoms with Gasteiger partial charge in [-0.25, -0.2) is 0 Å². The molecule has 2 aliphatic heterocycles. The minimum absolute atomic E-state index is 0.0959. The number of anilines is 1. The van der Waals surface area contributed by atoms with Crippen molar-refractivity contribution in [1.82, 2.24) is 9.88 Å². The predicted octanol–water partition coefficient (Wildman–Crippen LogP) is 5.81. The number of methoxy groups -OCH3 is 1. The van der Waals surface area contributed by atoms with Gasteiger partial charge in [-0.15, -0.1) is 0 Å². The third-order valence-corrected chi connectivity index (χ3v) is 7.01. The Kier molecular flexibility index (Phi) is 5.95. The molecule has 6 nitrogen and oxygen atoms in total. The molecule has 1 aromatic heterocycles. The average molecular weight is 480 g/mol. The molecule has 4 aromatic rings. The van der Waals surface area contributed by atoms with Crippen LogP contribution in [-0.2, 0) is 4.79 Å². The number of carbonyl (C=O) groups excluding carboxylic acids is 1. The van der Waals surface area contributed by atoms with E-state index in [4.69, 9.17) is 9.47 Å². The molecule has 2 N–H and O–H groups in total. The number of H-pyrrole nitrogens is 1. The van der Waals surface area contributed by atoms with Gasteiger partial charge in [0.05, 0.1) is 12.7 Å². The Morgan fingerprint density at radius 1 is 0.917 bits per heavy atom. The zero-order valence-corrected chi connectivity index (χ0v) is 20.3. The molecule has 0 radical (unpaired) electrons. The molecule has 6 rings (SSSR count). The fraction of sp³-hybridized carbons (Fsp3) is 0.233. The molecule has 36 heavy (non-hydrogen) atoms. The van der Waals surface area contributed by atoms with E-state index in [1.165, 1.54) is 25.9 Å². The largest absolute Gasteiger partial charge is 0.497 e. The topological polar surface area (TPSA) is 66.6 Å². The molecule has 0 aliphatic carbocycles. The number of likely N-dealkylation sites (tertiary alicyclic amines) is 1. The summed E-state index contributed by atoms with van der Waals surface area (Å²) in [5.41, 5.74) is 6.39. The normalized spacial score (nSPS) is 16.5. The summed E-state index contributed by atoms with van der Waals surface area (Å²) in [7, 11) is 1.66. The molecule has 0 saturated carbocycles. The van der Waals surface area contributed by atoms with Gasteiger partial charge in [0.15, 0.2) is 0 Å². The number of nitrogens with one attached hydrogen (secondary N) is 2. The number of hydrogen-bond donors (Lipinski definition) is 2. The number of fused-ring (bicyclic) bond motifs is 2. The van der Waals surface area contributed by atoms with Crippen LogP contribution in [0, 0.1) is 0 Å². The zero-order chi connectivity index (χ0) is 24.5. The molecule has 1 fully saturated rings. The molecule has 0 bridgehead atoms. The number of aromatic nitrogens is 1. The van der Waals surface area contributed by atoms with Crippen molar-refractivity contribution < 1.29 is 14.3 Å². The standard InChI is InChI=1S/C30H29N3O3/c1-35-24-7-4-20(5-8-24)21-6-10-26-27(30(34)32-29(26)18-21)19-23-16-22-17-25(9-11-28(22)31-23)36-15-14-33-12-2-3-13-33/h4-11,16-19,31H,2-3,12-15H2,1H3,(H,32,34)/b27-19-. The number of benzene rings is 3. The number of hydrogen-bond acceptors (Lipinski definition) is 4. The maximum atomic E-state index is 12.8. The van der Waals surface area contributed by atoms with Crippen LogP contribution in [0.4, 0.5) is 5.69 Å². The van der Waals surface area contributed by atoms with Crippen LogP contribution in [0.3, 0.4) is 0 Å². The summed E-state index contributed by atoms with van der Waals surface area (Å²) in [4.78, 5) is 18.7. The second-order valence-corrected chi connectivity index (χ2v) is 9.37. The third kappa shape index (κ3) is 4.48. The van der Waals surface area contributed by atoms with E-state index in [9.17, 15) is 4.79 Å². The van der Waals surface area contributed by atoms with Gasteiger partial charge in [-0.2, -0.15) is 0 Å². The number of amides is 1. The van der Waals surface area contributed by atoms with Gasteiger partial charge in [0, 0.05) is 34.4 Å². The van der Waals surface area contributed by atoms with E-state index in [0.29, 0.717) is 12.2 Å². The van der Waals surface area contributed by atoms with Gasteiger partial charge < -0.3 is 19.8 Å². The van der Waals surface area contributed by atoms with Crippen LogP contribution in [0.1, 0.15) is 24.1 Å². The monoisotopic (exact) mass is 479 g/mol. The van der Waals surface area contributed by atoms with Crippen molar-refractivity contribution >= 4 is 34.1 Å². The molecule has 182 valence electrons. The quantitative estimate of drug-likeness (QED) is 0.328. The molecule has 0 spiro atoms. The highest BCUT2D eigenvalue weighted by molar-refractivity contribution is 6.35. The summed E-state index contributed by atoms with van der Waals surface area (Å²) >= 11 is 0. The van der Waals surface area contributed by atoms with Crippen molar-refractivity contribution in [2.75, 3.05) is 38.7 Å². The molecule has 1 saturated heterocycles. The Morgan fingerprint density at radius 2 is 1.69 bits per heavy atom. The van der Waals surface area contributed by atoms with Crippen LogP contribution in [-0.4, -0.2) is 49.1 Å². The van der Waals surface area contributed by atoms with Gasteiger partial charge in [0.2, 0.25) is 0 Å². The van der Waals surface area contributed by atoms with E-state index in [0.717, 1.165) is 57.0 Å². The Balaban J connectivity index is 1.21. The van der Waals surface area contributed by atoms with Crippen molar-refractivity contribution in [3.63, 3.8) is 0 Å². The molecule has 3 aromatic carbocycles. The first-order valence-corrected chi connectivity index (χ1v) is 12.5. The first-order valence-electron chi connectivity index (χ1n) is 12.5. The van der Waals surface area contributed by atoms with Crippen LogP contribution < -0.4 is 14.8 Å². The predicted molar refractivity (Wildman–Crippen MR) is 144 cm³/mol. The van der Waals surface area contributed by atoms with Crippen molar-refractivity contribution in [2.24, 2.45) is 0 Å².